The molecule has 0 aliphatic rings. The van der Waals surface area contributed by atoms with Gasteiger partial charge in [0.25, 0.3) is 0 Å². The maximum atomic E-state index is 10.2. The number of hydrogen-bond donors (Lipinski definition) is 2. The summed E-state index contributed by atoms with van der Waals surface area (Å²) in [5, 5.41) is 21.9. The monoisotopic (exact) mass is 313 g/mol. The fraction of sp³-hybridized carbons (Fsp3) is 0.167. The first-order valence-electron chi connectivity index (χ1n) is 7.08. The third-order valence-corrected chi connectivity index (χ3v) is 4.05. The normalized spacial score (nSPS) is 11.3. The van der Waals surface area contributed by atoms with Crippen LogP contribution in [0.15, 0.2) is 42.6 Å². The van der Waals surface area contributed by atoms with Gasteiger partial charge >= 0.3 is 0 Å². The summed E-state index contributed by atoms with van der Waals surface area (Å²) >= 11 is 6.18. The van der Waals surface area contributed by atoms with Crippen molar-refractivity contribution in [2.75, 3.05) is 0 Å². The van der Waals surface area contributed by atoms with Crippen LogP contribution in [0.1, 0.15) is 25.3 Å². The summed E-state index contributed by atoms with van der Waals surface area (Å²) in [4.78, 5) is 4.30. The molecule has 0 fully saturated rings. The number of halogens is 1. The maximum absolute atomic E-state index is 10.2. The van der Waals surface area contributed by atoms with Crippen molar-refractivity contribution in [1.29, 1.82) is 0 Å². The Balaban J connectivity index is 2.27. The number of para-hydroxylation sites is 1. The number of benzene rings is 2. The molecule has 22 heavy (non-hydrogen) atoms. The van der Waals surface area contributed by atoms with Crippen molar-refractivity contribution in [3.63, 3.8) is 0 Å². The minimum absolute atomic E-state index is 0.0395. The molecule has 1 aromatic heterocycles. The molecule has 0 saturated carbocycles. The van der Waals surface area contributed by atoms with Crippen molar-refractivity contribution in [1.82, 2.24) is 4.98 Å². The SMILES string of the molecule is CC(C)c1c(O)cc(-c2ccnc3c(Cl)cccc23)cc1O. The van der Waals surface area contributed by atoms with E-state index in [2.05, 4.69) is 4.98 Å². The van der Waals surface area contributed by atoms with E-state index in [0.29, 0.717) is 16.1 Å². The van der Waals surface area contributed by atoms with Gasteiger partial charge in [0.05, 0.1) is 10.5 Å². The molecule has 0 unspecified atom stereocenters. The van der Waals surface area contributed by atoms with Gasteiger partial charge < -0.3 is 10.2 Å². The Morgan fingerprint density at radius 1 is 1.05 bits per heavy atom. The van der Waals surface area contributed by atoms with Crippen LogP contribution in [-0.2, 0) is 0 Å². The number of nitrogens with zero attached hydrogens (tertiary/aromatic N) is 1. The van der Waals surface area contributed by atoms with E-state index in [0.717, 1.165) is 16.5 Å². The number of phenolic OH excluding ortho intramolecular Hbond substituents is 2. The van der Waals surface area contributed by atoms with Crippen LogP contribution in [0.4, 0.5) is 0 Å². The molecular weight excluding hydrogens is 298 g/mol. The Labute approximate surface area is 133 Å². The number of aromatic nitrogens is 1. The van der Waals surface area contributed by atoms with E-state index in [1.54, 1.807) is 24.4 Å². The molecule has 2 N–H and O–H groups in total. The Bertz CT molecular complexity index is 836. The third-order valence-electron chi connectivity index (χ3n) is 3.75. The van der Waals surface area contributed by atoms with Gasteiger partial charge in [-0.25, -0.2) is 0 Å². The first-order valence-corrected chi connectivity index (χ1v) is 7.46. The van der Waals surface area contributed by atoms with E-state index in [4.69, 9.17) is 11.6 Å². The standard InChI is InChI=1S/C18H16ClNO2/c1-10(2)17-15(21)8-11(9-16(17)22)12-6-7-20-18-13(12)4-3-5-14(18)19/h3-10,21-22H,1-2H3. The number of fused-ring (bicyclic) bond motifs is 1. The largest absolute Gasteiger partial charge is 0.507 e. The minimum atomic E-state index is 0.0395. The minimum Gasteiger partial charge on any atom is -0.507 e. The van der Waals surface area contributed by atoms with Crippen molar-refractivity contribution < 1.29 is 10.2 Å². The molecule has 0 radical (unpaired) electrons. The van der Waals surface area contributed by atoms with Gasteiger partial charge in [0.1, 0.15) is 11.5 Å². The third kappa shape index (κ3) is 2.38. The van der Waals surface area contributed by atoms with Crippen molar-refractivity contribution in [2.24, 2.45) is 0 Å². The summed E-state index contributed by atoms with van der Waals surface area (Å²) in [6, 6.07) is 10.8. The van der Waals surface area contributed by atoms with E-state index in [1.165, 1.54) is 0 Å². The Morgan fingerprint density at radius 3 is 2.36 bits per heavy atom. The second-order valence-corrected chi connectivity index (χ2v) is 5.98. The molecule has 0 bridgehead atoms. The molecule has 0 amide bonds. The molecular formula is C18H16ClNO2. The summed E-state index contributed by atoms with van der Waals surface area (Å²) in [5.74, 6) is 0.228. The first kappa shape index (κ1) is 14.7. The average molecular weight is 314 g/mol. The zero-order valence-corrected chi connectivity index (χ0v) is 13.1. The summed E-state index contributed by atoms with van der Waals surface area (Å²) in [6.07, 6.45) is 1.67. The molecule has 0 aliphatic heterocycles. The maximum Gasteiger partial charge on any atom is 0.123 e. The average Bonchev–Trinajstić information content (AvgIpc) is 2.46. The lowest BCUT2D eigenvalue weighted by atomic mass is 9.95. The fourth-order valence-corrected chi connectivity index (χ4v) is 2.99. The summed E-state index contributed by atoms with van der Waals surface area (Å²) < 4.78 is 0. The predicted octanol–water partition coefficient (Wildman–Crippen LogP) is 5.09. The Kier molecular flexibility index (Phi) is 3.67. The van der Waals surface area contributed by atoms with Crippen molar-refractivity contribution >= 4 is 22.5 Å². The topological polar surface area (TPSA) is 53.4 Å². The highest BCUT2D eigenvalue weighted by molar-refractivity contribution is 6.35. The van der Waals surface area contributed by atoms with Gasteiger partial charge in [0, 0.05) is 17.1 Å². The van der Waals surface area contributed by atoms with E-state index in [1.807, 2.05) is 32.0 Å². The van der Waals surface area contributed by atoms with Gasteiger partial charge in [-0.3, -0.25) is 4.98 Å². The highest BCUT2D eigenvalue weighted by Crippen LogP contribution is 2.40. The van der Waals surface area contributed by atoms with Gasteiger partial charge in [-0.05, 0) is 41.3 Å². The second-order valence-electron chi connectivity index (χ2n) is 5.58. The van der Waals surface area contributed by atoms with Crippen molar-refractivity contribution in [2.45, 2.75) is 19.8 Å². The Hall–Kier alpha value is -2.26. The van der Waals surface area contributed by atoms with Gasteiger partial charge in [-0.1, -0.05) is 37.6 Å². The smallest absolute Gasteiger partial charge is 0.123 e. The number of phenols is 2. The molecule has 1 heterocycles. The highest BCUT2D eigenvalue weighted by Gasteiger charge is 2.15. The van der Waals surface area contributed by atoms with Crippen LogP contribution < -0.4 is 0 Å². The zero-order valence-electron chi connectivity index (χ0n) is 12.3. The van der Waals surface area contributed by atoms with Crippen LogP contribution in [0.5, 0.6) is 11.5 Å². The van der Waals surface area contributed by atoms with Gasteiger partial charge in [0.2, 0.25) is 0 Å². The molecule has 0 aliphatic carbocycles. The van der Waals surface area contributed by atoms with Crippen LogP contribution in [0, 0.1) is 0 Å². The van der Waals surface area contributed by atoms with E-state index < -0.39 is 0 Å². The number of rotatable bonds is 2. The molecule has 0 spiro atoms. The lowest BCUT2D eigenvalue weighted by Crippen LogP contribution is -1.91. The number of hydrogen-bond acceptors (Lipinski definition) is 3. The number of aromatic hydroxyl groups is 2. The van der Waals surface area contributed by atoms with Gasteiger partial charge in [0.15, 0.2) is 0 Å². The van der Waals surface area contributed by atoms with E-state index >= 15 is 0 Å². The van der Waals surface area contributed by atoms with E-state index in [9.17, 15) is 10.2 Å². The lowest BCUT2D eigenvalue weighted by molar-refractivity contribution is 0.434. The molecule has 0 atom stereocenters. The summed E-state index contributed by atoms with van der Waals surface area (Å²) in [6.45, 7) is 3.85. The van der Waals surface area contributed by atoms with Crippen LogP contribution >= 0.6 is 11.6 Å². The fourth-order valence-electron chi connectivity index (χ4n) is 2.76. The molecule has 4 heteroatoms. The van der Waals surface area contributed by atoms with Gasteiger partial charge in [-0.15, -0.1) is 0 Å². The van der Waals surface area contributed by atoms with Crippen molar-refractivity contribution in [3.05, 3.63) is 53.2 Å². The van der Waals surface area contributed by atoms with Crippen LogP contribution in [-0.4, -0.2) is 15.2 Å². The Morgan fingerprint density at radius 2 is 1.73 bits per heavy atom. The lowest BCUT2D eigenvalue weighted by Gasteiger charge is -2.14. The zero-order chi connectivity index (χ0) is 15.9. The highest BCUT2D eigenvalue weighted by atomic mass is 35.5. The van der Waals surface area contributed by atoms with Crippen LogP contribution in [0.25, 0.3) is 22.0 Å². The molecule has 2 aromatic carbocycles. The van der Waals surface area contributed by atoms with Gasteiger partial charge in [-0.2, -0.15) is 0 Å². The quantitative estimate of drug-likeness (QED) is 0.693. The van der Waals surface area contributed by atoms with Crippen molar-refractivity contribution in [3.8, 4) is 22.6 Å². The summed E-state index contributed by atoms with van der Waals surface area (Å²) in [7, 11) is 0. The first-order chi connectivity index (χ1) is 10.5. The second kappa shape index (κ2) is 5.50. The predicted molar refractivity (Wildman–Crippen MR) is 89.6 cm³/mol. The van der Waals surface area contributed by atoms with E-state index in [-0.39, 0.29) is 17.4 Å². The van der Waals surface area contributed by atoms with Crippen LogP contribution in [0.3, 0.4) is 0 Å². The molecule has 0 saturated heterocycles. The molecule has 3 nitrogen and oxygen atoms in total. The number of pyridine rings is 1. The summed E-state index contributed by atoms with van der Waals surface area (Å²) in [5.41, 5.74) is 2.86. The molecule has 3 rings (SSSR count). The van der Waals surface area contributed by atoms with Crippen LogP contribution in [0.2, 0.25) is 5.02 Å². The molecule has 3 aromatic rings. The molecule has 112 valence electrons.